The number of benzene rings is 1. The number of hydrogen-bond acceptors (Lipinski definition) is 4. The third-order valence-electron chi connectivity index (χ3n) is 6.39. The molecule has 2 unspecified atom stereocenters. The highest BCUT2D eigenvalue weighted by Gasteiger charge is 2.46. The van der Waals surface area contributed by atoms with Crippen molar-refractivity contribution in [2.45, 2.75) is 44.6 Å². The van der Waals surface area contributed by atoms with Gasteiger partial charge in [-0.15, -0.1) is 0 Å². The lowest BCUT2D eigenvalue weighted by atomic mass is 10.0. The van der Waals surface area contributed by atoms with Gasteiger partial charge in [0.05, 0.1) is 4.90 Å². The van der Waals surface area contributed by atoms with Crippen LogP contribution < -0.4 is 0 Å². The van der Waals surface area contributed by atoms with Crippen LogP contribution in [0.5, 0.6) is 0 Å². The van der Waals surface area contributed by atoms with Crippen LogP contribution in [0.25, 0.3) is 0 Å². The van der Waals surface area contributed by atoms with Crippen LogP contribution in [0.2, 0.25) is 0 Å². The maximum absolute atomic E-state index is 13.3. The molecule has 26 heavy (non-hydrogen) atoms. The predicted molar refractivity (Wildman–Crippen MR) is 102 cm³/mol. The normalized spacial score (nSPS) is 28.6. The van der Waals surface area contributed by atoms with Crippen molar-refractivity contribution in [3.63, 3.8) is 0 Å². The van der Waals surface area contributed by atoms with Crippen LogP contribution in [0.1, 0.15) is 29.5 Å². The molecule has 3 fully saturated rings. The van der Waals surface area contributed by atoms with Gasteiger partial charge < -0.3 is 4.74 Å². The van der Waals surface area contributed by atoms with Crippen LogP contribution in [0.15, 0.2) is 17.0 Å². The molecule has 0 aromatic heterocycles. The molecule has 144 valence electrons. The highest BCUT2D eigenvalue weighted by atomic mass is 32.2. The standard InChI is InChI=1S/C20H30N2O3S/c1-14-8-15(2)20(16(3)9-14)26(23,24)22-12-17-10-21(11-18(17)13-22)19-4-6-25-7-5-19/h8-9,17-19H,4-7,10-13H2,1-3H3. The van der Waals surface area contributed by atoms with Gasteiger partial charge in [0, 0.05) is 45.4 Å². The van der Waals surface area contributed by atoms with Crippen molar-refractivity contribution in [1.82, 2.24) is 9.21 Å². The van der Waals surface area contributed by atoms with Gasteiger partial charge in [0.25, 0.3) is 0 Å². The summed E-state index contributed by atoms with van der Waals surface area (Å²) in [6.07, 6.45) is 2.23. The zero-order valence-corrected chi connectivity index (χ0v) is 16.9. The van der Waals surface area contributed by atoms with Gasteiger partial charge in [0.15, 0.2) is 0 Å². The minimum absolute atomic E-state index is 0.471. The monoisotopic (exact) mass is 378 g/mol. The summed E-state index contributed by atoms with van der Waals surface area (Å²) in [4.78, 5) is 3.11. The topological polar surface area (TPSA) is 49.9 Å². The van der Waals surface area contributed by atoms with E-state index in [1.54, 1.807) is 4.31 Å². The quantitative estimate of drug-likeness (QED) is 0.810. The number of hydrogen-bond donors (Lipinski definition) is 0. The summed E-state index contributed by atoms with van der Waals surface area (Å²) in [5.74, 6) is 0.942. The fourth-order valence-electron chi connectivity index (χ4n) is 5.23. The summed E-state index contributed by atoms with van der Waals surface area (Å²) in [5, 5.41) is 0. The Labute approximate surface area is 157 Å². The minimum atomic E-state index is -3.41. The second-order valence-electron chi connectivity index (χ2n) is 8.37. The van der Waals surface area contributed by atoms with E-state index in [9.17, 15) is 8.42 Å². The van der Waals surface area contributed by atoms with E-state index < -0.39 is 10.0 Å². The smallest absolute Gasteiger partial charge is 0.243 e. The number of nitrogens with zero attached hydrogens (tertiary/aromatic N) is 2. The highest BCUT2D eigenvalue weighted by Crippen LogP contribution is 2.37. The molecule has 3 aliphatic heterocycles. The molecule has 0 N–H and O–H groups in total. The SMILES string of the molecule is Cc1cc(C)c(S(=O)(=O)N2CC3CN(C4CCOCC4)CC3C2)c(C)c1. The molecule has 0 amide bonds. The fraction of sp³-hybridized carbons (Fsp3) is 0.700. The number of likely N-dealkylation sites (tertiary alicyclic amines) is 1. The van der Waals surface area contributed by atoms with Crippen LogP contribution in [0.3, 0.4) is 0 Å². The molecule has 0 aliphatic carbocycles. The number of sulfonamides is 1. The van der Waals surface area contributed by atoms with E-state index in [1.165, 1.54) is 0 Å². The van der Waals surface area contributed by atoms with Crippen molar-refractivity contribution < 1.29 is 13.2 Å². The lowest BCUT2D eigenvalue weighted by Crippen LogP contribution is -2.40. The molecule has 3 saturated heterocycles. The van der Waals surface area contributed by atoms with Crippen molar-refractivity contribution in [3.8, 4) is 0 Å². The van der Waals surface area contributed by atoms with E-state index in [4.69, 9.17) is 4.74 Å². The van der Waals surface area contributed by atoms with Crippen LogP contribution in [-0.2, 0) is 14.8 Å². The second kappa shape index (κ2) is 6.89. The van der Waals surface area contributed by atoms with Gasteiger partial charge in [-0.3, -0.25) is 4.90 Å². The van der Waals surface area contributed by atoms with E-state index in [1.807, 2.05) is 32.9 Å². The highest BCUT2D eigenvalue weighted by molar-refractivity contribution is 7.89. The van der Waals surface area contributed by atoms with Crippen LogP contribution in [0.4, 0.5) is 0 Å². The molecular formula is C20H30N2O3S. The van der Waals surface area contributed by atoms with Crippen LogP contribution in [0, 0.1) is 32.6 Å². The summed E-state index contributed by atoms with van der Waals surface area (Å²) < 4.78 is 33.8. The molecule has 2 atom stereocenters. The Balaban J connectivity index is 1.49. The first-order chi connectivity index (χ1) is 12.4. The van der Waals surface area contributed by atoms with E-state index in [2.05, 4.69) is 4.90 Å². The summed E-state index contributed by atoms with van der Waals surface area (Å²) in [5.41, 5.74) is 2.84. The van der Waals surface area contributed by atoms with E-state index >= 15 is 0 Å². The minimum Gasteiger partial charge on any atom is -0.381 e. The predicted octanol–water partition coefficient (Wildman–Crippen LogP) is 2.34. The Morgan fingerprint density at radius 3 is 2.00 bits per heavy atom. The van der Waals surface area contributed by atoms with Gasteiger partial charge in [0.2, 0.25) is 10.0 Å². The summed E-state index contributed by atoms with van der Waals surface area (Å²) in [6.45, 7) is 11.0. The molecule has 0 bridgehead atoms. The summed E-state index contributed by atoms with van der Waals surface area (Å²) in [6, 6.07) is 4.58. The van der Waals surface area contributed by atoms with Gasteiger partial charge in [-0.25, -0.2) is 8.42 Å². The second-order valence-corrected chi connectivity index (χ2v) is 10.2. The first kappa shape index (κ1) is 18.4. The maximum atomic E-state index is 13.3. The van der Waals surface area contributed by atoms with Gasteiger partial charge in [-0.1, -0.05) is 17.7 Å². The molecule has 1 aromatic carbocycles. The number of fused-ring (bicyclic) bond motifs is 1. The number of ether oxygens (including phenoxy) is 1. The number of rotatable bonds is 3. The molecule has 4 rings (SSSR count). The summed E-state index contributed by atoms with van der Waals surface area (Å²) in [7, 11) is -3.41. The average Bonchev–Trinajstić information content (AvgIpc) is 3.13. The first-order valence-corrected chi connectivity index (χ1v) is 11.2. The lowest BCUT2D eigenvalue weighted by Gasteiger charge is -2.32. The fourth-order valence-corrected chi connectivity index (χ4v) is 7.20. The average molecular weight is 379 g/mol. The van der Waals surface area contributed by atoms with Crippen LogP contribution >= 0.6 is 0 Å². The van der Waals surface area contributed by atoms with Crippen LogP contribution in [-0.4, -0.2) is 63.1 Å². The largest absolute Gasteiger partial charge is 0.381 e. The Kier molecular flexibility index (Phi) is 4.88. The Morgan fingerprint density at radius 1 is 0.923 bits per heavy atom. The van der Waals surface area contributed by atoms with Crippen molar-refractivity contribution >= 4 is 10.0 Å². The molecule has 3 aliphatic rings. The van der Waals surface area contributed by atoms with E-state index in [-0.39, 0.29) is 0 Å². The van der Waals surface area contributed by atoms with Crippen molar-refractivity contribution in [3.05, 3.63) is 28.8 Å². The Morgan fingerprint density at radius 2 is 1.46 bits per heavy atom. The summed E-state index contributed by atoms with van der Waals surface area (Å²) >= 11 is 0. The van der Waals surface area contributed by atoms with Crippen molar-refractivity contribution in [1.29, 1.82) is 0 Å². The number of aryl methyl sites for hydroxylation is 3. The Hall–Kier alpha value is -0.950. The maximum Gasteiger partial charge on any atom is 0.243 e. The molecule has 6 heteroatoms. The zero-order chi connectivity index (χ0) is 18.5. The Bertz CT molecular complexity index is 749. The molecule has 0 saturated carbocycles. The van der Waals surface area contributed by atoms with Gasteiger partial charge in [-0.2, -0.15) is 4.31 Å². The molecule has 0 radical (unpaired) electrons. The van der Waals surface area contributed by atoms with Gasteiger partial charge in [-0.05, 0) is 56.6 Å². The molecular weight excluding hydrogens is 348 g/mol. The molecule has 5 nitrogen and oxygen atoms in total. The molecule has 1 aromatic rings. The van der Waals surface area contributed by atoms with E-state index in [0.29, 0.717) is 35.9 Å². The lowest BCUT2D eigenvalue weighted by molar-refractivity contribution is 0.0393. The van der Waals surface area contributed by atoms with Crippen molar-refractivity contribution in [2.24, 2.45) is 11.8 Å². The third kappa shape index (κ3) is 3.21. The van der Waals surface area contributed by atoms with E-state index in [0.717, 1.165) is 55.8 Å². The van der Waals surface area contributed by atoms with Gasteiger partial charge in [0.1, 0.15) is 0 Å². The van der Waals surface area contributed by atoms with Crippen molar-refractivity contribution in [2.75, 3.05) is 39.4 Å². The zero-order valence-electron chi connectivity index (χ0n) is 16.1. The molecule has 3 heterocycles. The first-order valence-electron chi connectivity index (χ1n) is 9.76. The van der Waals surface area contributed by atoms with Gasteiger partial charge >= 0.3 is 0 Å². The molecule has 0 spiro atoms. The third-order valence-corrected chi connectivity index (χ3v) is 8.53.